The minimum absolute atomic E-state index is 0.161. The van der Waals surface area contributed by atoms with E-state index >= 15 is 0 Å². The van der Waals surface area contributed by atoms with Crippen LogP contribution in [0, 0.1) is 12.8 Å². The van der Waals surface area contributed by atoms with Crippen LogP contribution in [0.4, 0.5) is 0 Å². The van der Waals surface area contributed by atoms with Gasteiger partial charge in [-0.25, -0.2) is 15.0 Å². The molecule has 0 radical (unpaired) electrons. The molecule has 1 unspecified atom stereocenters. The summed E-state index contributed by atoms with van der Waals surface area (Å²) in [5.41, 5.74) is 3.41. The predicted molar refractivity (Wildman–Crippen MR) is 95.6 cm³/mol. The van der Waals surface area contributed by atoms with Crippen LogP contribution < -0.4 is 5.32 Å². The highest BCUT2D eigenvalue weighted by Crippen LogP contribution is 2.32. The number of hydrogen-bond acceptors (Lipinski definition) is 4. The van der Waals surface area contributed by atoms with Crippen LogP contribution in [0.5, 0.6) is 0 Å². The first kappa shape index (κ1) is 16.0. The van der Waals surface area contributed by atoms with Gasteiger partial charge in [-0.1, -0.05) is 11.6 Å². The molecule has 128 valence electrons. The lowest BCUT2D eigenvalue weighted by Crippen LogP contribution is -2.34. The number of carbonyl (C=O) groups excluding carboxylic acids is 1. The zero-order valence-electron chi connectivity index (χ0n) is 14.0. The van der Waals surface area contributed by atoms with E-state index in [9.17, 15) is 4.79 Å². The van der Waals surface area contributed by atoms with Gasteiger partial charge in [0.25, 0.3) is 5.91 Å². The van der Waals surface area contributed by atoms with Crippen LogP contribution in [0.15, 0.2) is 30.7 Å². The lowest BCUT2D eigenvalue weighted by molar-refractivity contribution is 0.0933. The summed E-state index contributed by atoms with van der Waals surface area (Å²) in [6, 6.07) is 5.68. The highest BCUT2D eigenvalue weighted by molar-refractivity contribution is 6.29. The number of rotatable bonds is 4. The number of pyridine rings is 1. The highest BCUT2D eigenvalue weighted by atomic mass is 35.5. The van der Waals surface area contributed by atoms with Crippen LogP contribution in [-0.2, 0) is 0 Å². The Balaban J connectivity index is 1.73. The summed E-state index contributed by atoms with van der Waals surface area (Å²) in [5.74, 6) is 0.406. The zero-order valence-corrected chi connectivity index (χ0v) is 14.8. The summed E-state index contributed by atoms with van der Waals surface area (Å²) in [6.45, 7) is 4.00. The molecule has 0 spiro atoms. The van der Waals surface area contributed by atoms with E-state index in [0.29, 0.717) is 22.4 Å². The third kappa shape index (κ3) is 3.09. The van der Waals surface area contributed by atoms with E-state index in [0.717, 1.165) is 17.0 Å². The molecule has 1 saturated carbocycles. The Morgan fingerprint density at radius 2 is 2.16 bits per heavy atom. The number of nitrogens with one attached hydrogen (secondary N) is 1. The second-order valence-electron chi connectivity index (χ2n) is 6.54. The van der Waals surface area contributed by atoms with Crippen molar-refractivity contribution < 1.29 is 4.79 Å². The Labute approximate surface area is 150 Å². The molecule has 1 N–H and O–H groups in total. The summed E-state index contributed by atoms with van der Waals surface area (Å²) >= 11 is 5.86. The Hall–Kier alpha value is -2.47. The van der Waals surface area contributed by atoms with Crippen molar-refractivity contribution in [1.29, 1.82) is 0 Å². The maximum atomic E-state index is 12.6. The Morgan fingerprint density at radius 1 is 1.36 bits per heavy atom. The molecule has 1 atom stereocenters. The molecule has 0 saturated heterocycles. The van der Waals surface area contributed by atoms with Gasteiger partial charge in [-0.05, 0) is 50.8 Å². The van der Waals surface area contributed by atoms with Crippen LogP contribution >= 0.6 is 11.6 Å². The maximum absolute atomic E-state index is 12.6. The van der Waals surface area contributed by atoms with E-state index in [-0.39, 0.29) is 11.9 Å². The normalized spacial score (nSPS) is 15.3. The predicted octanol–water partition coefficient (Wildman–Crippen LogP) is 3.28. The van der Waals surface area contributed by atoms with Crippen molar-refractivity contribution in [2.75, 3.05) is 0 Å². The van der Waals surface area contributed by atoms with Crippen molar-refractivity contribution in [1.82, 2.24) is 24.7 Å². The number of nitrogens with zero attached hydrogens (tertiary/aromatic N) is 4. The average Bonchev–Trinajstić information content (AvgIpc) is 3.35. The largest absolute Gasteiger partial charge is 0.348 e. The third-order valence-electron chi connectivity index (χ3n) is 4.62. The smallest absolute Gasteiger partial charge is 0.274 e. The molecule has 0 bridgehead atoms. The summed E-state index contributed by atoms with van der Waals surface area (Å²) in [7, 11) is 0. The van der Waals surface area contributed by atoms with Gasteiger partial charge >= 0.3 is 0 Å². The average molecular weight is 356 g/mol. The fourth-order valence-corrected chi connectivity index (χ4v) is 3.06. The van der Waals surface area contributed by atoms with Crippen LogP contribution in [0.2, 0.25) is 5.15 Å². The number of hydrogen-bond donors (Lipinski definition) is 1. The van der Waals surface area contributed by atoms with Crippen LogP contribution in [0.3, 0.4) is 0 Å². The second kappa shape index (κ2) is 6.11. The van der Waals surface area contributed by atoms with Gasteiger partial charge in [0.05, 0.1) is 5.69 Å². The van der Waals surface area contributed by atoms with Gasteiger partial charge in [-0.15, -0.1) is 0 Å². The van der Waals surface area contributed by atoms with E-state index in [2.05, 4.69) is 20.3 Å². The molecule has 1 aliphatic rings. The van der Waals surface area contributed by atoms with Gasteiger partial charge in [0.15, 0.2) is 11.3 Å². The number of amides is 1. The van der Waals surface area contributed by atoms with E-state index in [1.54, 1.807) is 18.6 Å². The minimum atomic E-state index is -0.180. The number of aryl methyl sites for hydroxylation is 1. The fraction of sp³-hybridized carbons (Fsp3) is 0.333. The quantitative estimate of drug-likeness (QED) is 0.729. The molecule has 7 heteroatoms. The summed E-state index contributed by atoms with van der Waals surface area (Å²) in [6.07, 6.45) is 5.66. The number of fused-ring (bicyclic) bond motifs is 1. The van der Waals surface area contributed by atoms with Crippen LogP contribution in [0.25, 0.3) is 16.9 Å². The number of aromatic nitrogens is 4. The minimum Gasteiger partial charge on any atom is -0.348 e. The molecule has 3 aromatic rings. The molecule has 1 aliphatic carbocycles. The van der Waals surface area contributed by atoms with Crippen LogP contribution in [0.1, 0.15) is 35.9 Å². The van der Waals surface area contributed by atoms with Gasteiger partial charge in [0.1, 0.15) is 11.5 Å². The van der Waals surface area contributed by atoms with Gasteiger partial charge in [-0.2, -0.15) is 0 Å². The second-order valence-corrected chi connectivity index (χ2v) is 6.93. The van der Waals surface area contributed by atoms with Gasteiger partial charge < -0.3 is 5.32 Å². The van der Waals surface area contributed by atoms with Crippen LogP contribution in [-0.4, -0.2) is 31.3 Å². The SMILES string of the molecule is Cc1cc(-c2ccc(Cl)nc2)nc2c(C(=O)NC(C)C3CC3)ncn12. The van der Waals surface area contributed by atoms with Crippen molar-refractivity contribution in [3.63, 3.8) is 0 Å². The molecule has 1 amide bonds. The van der Waals surface area contributed by atoms with Crippen molar-refractivity contribution >= 4 is 23.2 Å². The van der Waals surface area contributed by atoms with Gasteiger partial charge in [-0.3, -0.25) is 9.20 Å². The third-order valence-corrected chi connectivity index (χ3v) is 4.84. The lowest BCUT2D eigenvalue weighted by atomic mass is 10.2. The monoisotopic (exact) mass is 355 g/mol. The van der Waals surface area contributed by atoms with Crippen molar-refractivity contribution in [3.05, 3.63) is 47.3 Å². The standard InChI is InChI=1S/C18H18ClN5O/c1-10-7-14(13-5-6-15(19)20-8-13)23-17-16(21-9-24(10)17)18(25)22-11(2)12-3-4-12/h5-9,11-12H,3-4H2,1-2H3,(H,22,25). The molecule has 3 heterocycles. The van der Waals surface area contributed by atoms with E-state index in [1.165, 1.54) is 12.8 Å². The number of imidazole rings is 1. The van der Waals surface area contributed by atoms with Gasteiger partial charge in [0, 0.05) is 23.5 Å². The number of carbonyl (C=O) groups is 1. The lowest BCUT2D eigenvalue weighted by Gasteiger charge is -2.11. The van der Waals surface area contributed by atoms with Crippen molar-refractivity contribution in [2.45, 2.75) is 32.7 Å². The van der Waals surface area contributed by atoms with E-state index in [1.807, 2.05) is 30.4 Å². The molecule has 1 fully saturated rings. The topological polar surface area (TPSA) is 72.2 Å². The van der Waals surface area contributed by atoms with E-state index < -0.39 is 0 Å². The van der Waals surface area contributed by atoms with Gasteiger partial charge in [0.2, 0.25) is 0 Å². The van der Waals surface area contributed by atoms with Crippen molar-refractivity contribution in [2.24, 2.45) is 5.92 Å². The summed E-state index contributed by atoms with van der Waals surface area (Å²) in [5, 5.41) is 3.47. The molecule has 0 aromatic carbocycles. The first-order valence-corrected chi connectivity index (χ1v) is 8.68. The Morgan fingerprint density at radius 3 is 2.84 bits per heavy atom. The first-order valence-electron chi connectivity index (χ1n) is 8.30. The molecular weight excluding hydrogens is 338 g/mol. The maximum Gasteiger partial charge on any atom is 0.274 e. The highest BCUT2D eigenvalue weighted by Gasteiger charge is 2.30. The molecule has 25 heavy (non-hydrogen) atoms. The van der Waals surface area contributed by atoms with E-state index in [4.69, 9.17) is 11.6 Å². The summed E-state index contributed by atoms with van der Waals surface area (Å²) in [4.78, 5) is 25.6. The fourth-order valence-electron chi connectivity index (χ4n) is 2.95. The molecule has 4 rings (SSSR count). The molecule has 3 aromatic heterocycles. The first-order chi connectivity index (χ1) is 12.0. The zero-order chi connectivity index (χ0) is 17.6. The Kier molecular flexibility index (Phi) is 3.92. The van der Waals surface area contributed by atoms with Crippen molar-refractivity contribution in [3.8, 4) is 11.3 Å². The molecule has 6 nitrogen and oxygen atoms in total. The molecular formula is C18H18ClN5O. The molecule has 0 aliphatic heterocycles. The Bertz CT molecular complexity index is 946. The number of halogens is 1. The summed E-state index contributed by atoms with van der Waals surface area (Å²) < 4.78 is 1.82.